The van der Waals surface area contributed by atoms with Gasteiger partial charge in [-0.25, -0.2) is 4.98 Å². The third-order valence-electron chi connectivity index (χ3n) is 6.51. The van der Waals surface area contributed by atoms with Gasteiger partial charge < -0.3 is 10.1 Å². The molecule has 0 bridgehead atoms. The number of hydrogen-bond donors (Lipinski definition) is 1. The lowest BCUT2D eigenvalue weighted by molar-refractivity contribution is 0.0984. The normalized spacial score (nSPS) is 12.0. The first kappa shape index (κ1) is 24.4. The van der Waals surface area contributed by atoms with Crippen molar-refractivity contribution in [1.82, 2.24) is 4.98 Å². The minimum atomic E-state index is -0.304. The second-order valence-electron chi connectivity index (χ2n) is 8.99. The van der Waals surface area contributed by atoms with Crippen LogP contribution in [-0.2, 0) is 6.54 Å². The summed E-state index contributed by atoms with van der Waals surface area (Å²) in [6.45, 7) is 0.290. The van der Waals surface area contributed by atoms with Gasteiger partial charge in [0.05, 0.1) is 17.1 Å². The Morgan fingerprint density at radius 3 is 2.44 bits per heavy atom. The average Bonchev–Trinajstić information content (AvgIpc) is 3.14. The van der Waals surface area contributed by atoms with E-state index in [2.05, 4.69) is 10.3 Å². The highest BCUT2D eigenvalue weighted by atomic mass is 35.5. The van der Waals surface area contributed by atoms with Crippen LogP contribution in [0.15, 0.2) is 115 Å². The summed E-state index contributed by atoms with van der Waals surface area (Å²) in [4.78, 5) is 32.9. The zero-order chi connectivity index (χ0) is 26.8. The molecule has 0 fully saturated rings. The summed E-state index contributed by atoms with van der Waals surface area (Å²) in [5, 5.41) is 3.14. The lowest BCUT2D eigenvalue weighted by Gasteiger charge is -2.22. The molecule has 0 spiro atoms. The summed E-state index contributed by atoms with van der Waals surface area (Å²) in [6, 6.07) is 33.1. The number of anilines is 2. The number of para-hydroxylation sites is 1. The predicted molar refractivity (Wildman–Crippen MR) is 153 cm³/mol. The van der Waals surface area contributed by atoms with Crippen LogP contribution in [0.2, 0.25) is 5.02 Å². The Morgan fingerprint density at radius 2 is 1.59 bits per heavy atom. The van der Waals surface area contributed by atoms with Crippen molar-refractivity contribution in [3.05, 3.63) is 137 Å². The van der Waals surface area contributed by atoms with Crippen LogP contribution >= 0.6 is 11.6 Å². The second-order valence-corrected chi connectivity index (χ2v) is 9.40. The molecule has 6 rings (SSSR count). The number of carbonyl (C=O) groups excluding carboxylic acids is 2. The fourth-order valence-corrected chi connectivity index (χ4v) is 4.86. The van der Waals surface area contributed by atoms with Gasteiger partial charge in [0.1, 0.15) is 11.4 Å². The summed E-state index contributed by atoms with van der Waals surface area (Å²) in [6.07, 6.45) is 1.62. The zero-order valence-electron chi connectivity index (χ0n) is 20.7. The topological polar surface area (TPSA) is 71.5 Å². The Balaban J connectivity index is 1.28. The zero-order valence-corrected chi connectivity index (χ0v) is 21.4. The number of amides is 2. The minimum absolute atomic E-state index is 0.220. The number of aromatic nitrogens is 1. The standard InChI is InChI=1S/C32H22ClN3O3/c33-27-19-23(35-30(37)25-13-6-5-12-24(25)21-9-2-1-3-10-21)16-17-26(27)32(38)36-20-22-11-4-7-15-29(22)39-31-28(36)14-8-18-34-31/h1-19H,20H2,(H,35,37). The number of nitrogens with one attached hydrogen (secondary N) is 1. The van der Waals surface area contributed by atoms with Crippen LogP contribution in [0.5, 0.6) is 11.6 Å². The number of carbonyl (C=O) groups is 2. The van der Waals surface area contributed by atoms with Crippen LogP contribution in [0.25, 0.3) is 11.1 Å². The van der Waals surface area contributed by atoms with Crippen molar-refractivity contribution in [3.63, 3.8) is 0 Å². The quantitative estimate of drug-likeness (QED) is 0.259. The number of benzene rings is 4. The number of pyridine rings is 1. The molecule has 2 amide bonds. The number of hydrogen-bond acceptors (Lipinski definition) is 4. The third kappa shape index (κ3) is 4.85. The van der Waals surface area contributed by atoms with Crippen LogP contribution in [0.3, 0.4) is 0 Å². The number of halogens is 1. The lowest BCUT2D eigenvalue weighted by Crippen LogP contribution is -2.30. The molecule has 0 radical (unpaired) electrons. The van der Waals surface area contributed by atoms with E-state index in [1.54, 1.807) is 47.5 Å². The van der Waals surface area contributed by atoms with E-state index in [0.29, 0.717) is 40.7 Å². The molecule has 4 aromatic carbocycles. The van der Waals surface area contributed by atoms with E-state index in [1.807, 2.05) is 72.8 Å². The van der Waals surface area contributed by atoms with Crippen LogP contribution in [0.4, 0.5) is 11.4 Å². The Labute approximate surface area is 230 Å². The molecule has 5 aromatic rings. The van der Waals surface area contributed by atoms with Gasteiger partial charge in [0, 0.05) is 23.0 Å². The predicted octanol–water partition coefficient (Wildman–Crippen LogP) is 7.61. The molecule has 1 aliphatic rings. The van der Waals surface area contributed by atoms with Gasteiger partial charge in [-0.05, 0) is 53.6 Å². The Kier molecular flexibility index (Phi) is 6.53. The van der Waals surface area contributed by atoms with Crippen LogP contribution in [-0.4, -0.2) is 16.8 Å². The van der Waals surface area contributed by atoms with Crippen molar-refractivity contribution in [3.8, 4) is 22.8 Å². The van der Waals surface area contributed by atoms with Crippen LogP contribution < -0.4 is 15.0 Å². The lowest BCUT2D eigenvalue weighted by atomic mass is 9.99. The van der Waals surface area contributed by atoms with Gasteiger partial charge in [-0.2, -0.15) is 0 Å². The van der Waals surface area contributed by atoms with Crippen molar-refractivity contribution in [2.24, 2.45) is 0 Å². The molecule has 0 saturated heterocycles. The van der Waals surface area contributed by atoms with E-state index in [4.69, 9.17) is 16.3 Å². The summed E-state index contributed by atoms with van der Waals surface area (Å²) < 4.78 is 6.01. The highest BCUT2D eigenvalue weighted by Crippen LogP contribution is 2.38. The molecule has 39 heavy (non-hydrogen) atoms. The molecule has 7 heteroatoms. The van der Waals surface area contributed by atoms with E-state index in [0.717, 1.165) is 16.7 Å². The SMILES string of the molecule is O=C(Nc1ccc(C(=O)N2Cc3ccccc3Oc3ncccc32)c(Cl)c1)c1ccccc1-c1ccccc1. The Morgan fingerprint density at radius 1 is 0.821 bits per heavy atom. The molecule has 0 unspecified atom stereocenters. The van der Waals surface area contributed by atoms with Gasteiger partial charge in [0.15, 0.2) is 0 Å². The Bertz CT molecular complexity index is 1700. The van der Waals surface area contributed by atoms with Gasteiger partial charge in [0.25, 0.3) is 11.8 Å². The Hall–Kier alpha value is -4.94. The second kappa shape index (κ2) is 10.4. The van der Waals surface area contributed by atoms with Crippen molar-refractivity contribution < 1.29 is 14.3 Å². The highest BCUT2D eigenvalue weighted by molar-refractivity contribution is 6.35. The molecule has 0 atom stereocenters. The maximum atomic E-state index is 13.8. The first-order chi connectivity index (χ1) is 19.1. The molecule has 0 aliphatic carbocycles. The van der Waals surface area contributed by atoms with Gasteiger partial charge >= 0.3 is 0 Å². The molecular weight excluding hydrogens is 510 g/mol. The van der Waals surface area contributed by atoms with Gasteiger partial charge in [-0.3, -0.25) is 14.5 Å². The number of rotatable bonds is 4. The first-order valence-corrected chi connectivity index (χ1v) is 12.7. The summed E-state index contributed by atoms with van der Waals surface area (Å²) >= 11 is 6.62. The largest absolute Gasteiger partial charge is 0.437 e. The van der Waals surface area contributed by atoms with Crippen molar-refractivity contribution in [2.45, 2.75) is 6.54 Å². The molecule has 1 N–H and O–H groups in total. The highest BCUT2D eigenvalue weighted by Gasteiger charge is 2.28. The molecule has 1 aromatic heterocycles. The molecule has 0 saturated carbocycles. The van der Waals surface area contributed by atoms with E-state index < -0.39 is 0 Å². The van der Waals surface area contributed by atoms with Gasteiger partial charge in [0.2, 0.25) is 5.88 Å². The maximum Gasteiger partial charge on any atom is 0.260 e. The minimum Gasteiger partial charge on any atom is -0.437 e. The third-order valence-corrected chi connectivity index (χ3v) is 6.82. The van der Waals surface area contributed by atoms with Crippen LogP contribution in [0.1, 0.15) is 26.3 Å². The maximum absolute atomic E-state index is 13.8. The summed E-state index contributed by atoms with van der Waals surface area (Å²) in [5.74, 6) is 0.410. The molecule has 2 heterocycles. The van der Waals surface area contributed by atoms with Crippen molar-refractivity contribution in [2.75, 3.05) is 10.2 Å². The molecule has 1 aliphatic heterocycles. The summed E-state index contributed by atoms with van der Waals surface area (Å²) in [5.41, 5.74) is 4.48. The smallest absolute Gasteiger partial charge is 0.260 e. The van der Waals surface area contributed by atoms with Gasteiger partial charge in [-0.15, -0.1) is 0 Å². The number of ether oxygens (including phenoxy) is 1. The van der Waals surface area contributed by atoms with Gasteiger partial charge in [-0.1, -0.05) is 78.3 Å². The van der Waals surface area contributed by atoms with Crippen LogP contribution in [0, 0.1) is 0 Å². The first-order valence-electron chi connectivity index (χ1n) is 12.4. The van der Waals surface area contributed by atoms with Crippen molar-refractivity contribution >= 4 is 34.8 Å². The average molecular weight is 532 g/mol. The van der Waals surface area contributed by atoms with Crippen molar-refractivity contribution in [1.29, 1.82) is 0 Å². The fraction of sp³-hybridized carbons (Fsp3) is 0.0312. The molecular formula is C32H22ClN3O3. The molecule has 190 valence electrons. The monoisotopic (exact) mass is 531 g/mol. The summed E-state index contributed by atoms with van der Waals surface area (Å²) in [7, 11) is 0. The fourth-order valence-electron chi connectivity index (χ4n) is 4.60. The molecule has 6 nitrogen and oxygen atoms in total. The van der Waals surface area contributed by atoms with E-state index in [1.165, 1.54) is 0 Å². The van der Waals surface area contributed by atoms with E-state index in [-0.39, 0.29) is 16.8 Å². The number of fused-ring (bicyclic) bond motifs is 2. The van der Waals surface area contributed by atoms with E-state index >= 15 is 0 Å². The number of nitrogens with zero attached hydrogens (tertiary/aromatic N) is 2. The van der Waals surface area contributed by atoms with E-state index in [9.17, 15) is 9.59 Å².